The fourth-order valence-corrected chi connectivity index (χ4v) is 1.88. The number of amides is 1. The first-order chi connectivity index (χ1) is 9.95. The van der Waals surface area contributed by atoms with E-state index in [2.05, 4.69) is 0 Å². The summed E-state index contributed by atoms with van der Waals surface area (Å²) in [6.07, 6.45) is -0.729. The van der Waals surface area contributed by atoms with Crippen molar-refractivity contribution in [2.45, 2.75) is 6.10 Å². The molecule has 1 aromatic carbocycles. The molecule has 21 heavy (non-hydrogen) atoms. The van der Waals surface area contributed by atoms with Gasteiger partial charge in [0.05, 0.1) is 18.3 Å². The Labute approximate surface area is 129 Å². The van der Waals surface area contributed by atoms with E-state index in [1.54, 1.807) is 31.3 Å². The van der Waals surface area contributed by atoms with Crippen LogP contribution in [0.5, 0.6) is 5.75 Å². The normalized spacial score (nSPS) is 11.8. The molecule has 116 valence electrons. The second-order valence-electron chi connectivity index (χ2n) is 4.53. The number of hydrogen-bond acceptors (Lipinski definition) is 5. The number of ether oxygens (including phenoxy) is 2. The number of para-hydroxylation sites is 1. The van der Waals surface area contributed by atoms with Gasteiger partial charge in [-0.05, 0) is 12.1 Å². The molecule has 0 aliphatic heterocycles. The fraction of sp³-hybridized carbons (Fsp3) is 0.429. The first kappa shape index (κ1) is 17.4. The minimum Gasteiger partial charge on any atom is -0.483 e. The summed E-state index contributed by atoms with van der Waals surface area (Å²) in [5, 5.41) is 9.58. The van der Waals surface area contributed by atoms with Crippen LogP contribution in [0.3, 0.4) is 0 Å². The van der Waals surface area contributed by atoms with Crippen LogP contribution in [-0.4, -0.2) is 60.9 Å². The van der Waals surface area contributed by atoms with Gasteiger partial charge in [0.15, 0.2) is 6.61 Å². The van der Waals surface area contributed by atoms with Crippen LogP contribution in [0.1, 0.15) is 5.56 Å². The minimum absolute atomic E-state index is 0.157. The van der Waals surface area contributed by atoms with Gasteiger partial charge in [0.25, 0.3) is 5.91 Å². The molecular formula is C14H20N2O4S. The van der Waals surface area contributed by atoms with E-state index in [1.807, 2.05) is 0 Å². The van der Waals surface area contributed by atoms with Gasteiger partial charge in [-0.3, -0.25) is 4.79 Å². The van der Waals surface area contributed by atoms with Gasteiger partial charge in [0.2, 0.25) is 0 Å². The van der Waals surface area contributed by atoms with Crippen LogP contribution in [-0.2, 0) is 9.53 Å². The predicted octanol–water partition coefficient (Wildman–Crippen LogP) is 0.165. The standard InChI is InChI=1S/C14H20N2O4S/c1-16(7-10(17)8-19-2)13(18)9-20-12-6-4-3-5-11(12)14(15)21/h3-6,10,17H,7-9H2,1-2H3,(H2,15,21). The summed E-state index contributed by atoms with van der Waals surface area (Å²) in [6.45, 7) is 0.186. The average Bonchev–Trinajstić information content (AvgIpc) is 2.45. The van der Waals surface area contributed by atoms with E-state index in [-0.39, 0.29) is 30.7 Å². The minimum atomic E-state index is -0.729. The molecule has 0 saturated carbocycles. The highest BCUT2D eigenvalue weighted by Gasteiger charge is 2.15. The van der Waals surface area contributed by atoms with Crippen molar-refractivity contribution < 1.29 is 19.4 Å². The smallest absolute Gasteiger partial charge is 0.260 e. The molecule has 3 N–H and O–H groups in total. The number of carbonyl (C=O) groups excluding carboxylic acids is 1. The Kier molecular flexibility index (Phi) is 7.07. The maximum Gasteiger partial charge on any atom is 0.260 e. The third kappa shape index (κ3) is 5.66. The van der Waals surface area contributed by atoms with E-state index in [0.29, 0.717) is 11.3 Å². The lowest BCUT2D eigenvalue weighted by Gasteiger charge is -2.21. The van der Waals surface area contributed by atoms with Crippen molar-refractivity contribution in [1.29, 1.82) is 0 Å². The SMILES string of the molecule is COCC(O)CN(C)C(=O)COc1ccccc1C(N)=S. The van der Waals surface area contributed by atoms with Crippen LogP contribution in [0.2, 0.25) is 0 Å². The Bertz CT molecular complexity index is 496. The highest BCUT2D eigenvalue weighted by molar-refractivity contribution is 7.80. The maximum atomic E-state index is 11.9. The third-order valence-corrected chi connectivity index (χ3v) is 2.99. The number of benzene rings is 1. The van der Waals surface area contributed by atoms with Crippen molar-refractivity contribution in [3.8, 4) is 5.75 Å². The molecule has 7 heteroatoms. The van der Waals surface area contributed by atoms with Crippen LogP contribution in [0.4, 0.5) is 0 Å². The van der Waals surface area contributed by atoms with E-state index in [0.717, 1.165) is 0 Å². The van der Waals surface area contributed by atoms with Crippen molar-refractivity contribution >= 4 is 23.1 Å². The molecule has 1 aromatic rings. The van der Waals surface area contributed by atoms with Gasteiger partial charge in [0, 0.05) is 20.7 Å². The number of hydrogen-bond donors (Lipinski definition) is 2. The summed E-state index contributed by atoms with van der Waals surface area (Å²) < 4.78 is 10.3. The summed E-state index contributed by atoms with van der Waals surface area (Å²) in [7, 11) is 3.07. The second kappa shape index (κ2) is 8.56. The molecule has 0 bridgehead atoms. The Morgan fingerprint density at radius 2 is 2.14 bits per heavy atom. The largest absolute Gasteiger partial charge is 0.483 e. The summed E-state index contributed by atoms with van der Waals surface area (Å²) in [6, 6.07) is 6.99. The zero-order valence-corrected chi connectivity index (χ0v) is 12.9. The zero-order valence-electron chi connectivity index (χ0n) is 12.1. The lowest BCUT2D eigenvalue weighted by atomic mass is 10.2. The Hall–Kier alpha value is -1.70. The van der Waals surface area contributed by atoms with Gasteiger partial charge >= 0.3 is 0 Å². The van der Waals surface area contributed by atoms with Gasteiger partial charge in [-0.1, -0.05) is 24.4 Å². The first-order valence-corrected chi connectivity index (χ1v) is 6.79. The van der Waals surface area contributed by atoms with E-state index in [4.69, 9.17) is 27.4 Å². The number of likely N-dealkylation sites (N-methyl/N-ethyl adjacent to an activating group) is 1. The Morgan fingerprint density at radius 1 is 1.48 bits per heavy atom. The molecule has 1 unspecified atom stereocenters. The number of aliphatic hydroxyl groups is 1. The highest BCUT2D eigenvalue weighted by atomic mass is 32.1. The van der Waals surface area contributed by atoms with Crippen LogP contribution in [0, 0.1) is 0 Å². The molecule has 0 spiro atoms. The number of nitrogens with zero attached hydrogens (tertiary/aromatic N) is 1. The molecule has 6 nitrogen and oxygen atoms in total. The number of rotatable bonds is 8. The van der Waals surface area contributed by atoms with E-state index >= 15 is 0 Å². The van der Waals surface area contributed by atoms with Crippen LogP contribution in [0.25, 0.3) is 0 Å². The summed E-state index contributed by atoms with van der Waals surface area (Å²) >= 11 is 4.92. The van der Waals surface area contributed by atoms with Crippen molar-refractivity contribution in [2.75, 3.05) is 33.9 Å². The molecule has 0 saturated heterocycles. The second-order valence-corrected chi connectivity index (χ2v) is 4.97. The number of thiocarbonyl (C=S) groups is 1. The number of aliphatic hydroxyl groups excluding tert-OH is 1. The number of carbonyl (C=O) groups is 1. The Morgan fingerprint density at radius 3 is 2.76 bits per heavy atom. The van der Waals surface area contributed by atoms with Gasteiger partial charge in [0.1, 0.15) is 10.7 Å². The summed E-state index contributed by atoms with van der Waals surface area (Å²) in [5.41, 5.74) is 6.17. The molecule has 0 fully saturated rings. The van der Waals surface area contributed by atoms with Crippen molar-refractivity contribution in [1.82, 2.24) is 4.90 Å². The lowest BCUT2D eigenvalue weighted by molar-refractivity contribution is -0.133. The number of nitrogens with two attached hydrogens (primary N) is 1. The highest BCUT2D eigenvalue weighted by Crippen LogP contribution is 2.17. The predicted molar refractivity (Wildman–Crippen MR) is 83.3 cm³/mol. The molecule has 1 atom stereocenters. The Balaban J connectivity index is 2.55. The topological polar surface area (TPSA) is 85.0 Å². The summed E-state index contributed by atoms with van der Waals surface area (Å²) in [5.74, 6) is 0.201. The van der Waals surface area contributed by atoms with E-state index < -0.39 is 6.10 Å². The summed E-state index contributed by atoms with van der Waals surface area (Å²) in [4.78, 5) is 13.5. The average molecular weight is 312 g/mol. The van der Waals surface area contributed by atoms with Gasteiger partial charge in [-0.2, -0.15) is 0 Å². The molecule has 0 heterocycles. The molecule has 1 amide bonds. The fourth-order valence-electron chi connectivity index (χ4n) is 1.71. The van der Waals surface area contributed by atoms with E-state index in [1.165, 1.54) is 12.0 Å². The monoisotopic (exact) mass is 312 g/mol. The van der Waals surface area contributed by atoms with Crippen molar-refractivity contribution in [2.24, 2.45) is 5.73 Å². The molecule has 0 aliphatic carbocycles. The van der Waals surface area contributed by atoms with Crippen LogP contribution < -0.4 is 10.5 Å². The maximum absolute atomic E-state index is 11.9. The first-order valence-electron chi connectivity index (χ1n) is 6.38. The van der Waals surface area contributed by atoms with E-state index in [9.17, 15) is 9.90 Å². The number of methoxy groups -OCH3 is 1. The van der Waals surface area contributed by atoms with Crippen molar-refractivity contribution in [3.63, 3.8) is 0 Å². The molecule has 0 radical (unpaired) electrons. The zero-order chi connectivity index (χ0) is 15.8. The van der Waals surface area contributed by atoms with Gasteiger partial charge in [-0.25, -0.2) is 0 Å². The third-order valence-electron chi connectivity index (χ3n) is 2.77. The van der Waals surface area contributed by atoms with Gasteiger partial charge in [-0.15, -0.1) is 0 Å². The van der Waals surface area contributed by atoms with Crippen molar-refractivity contribution in [3.05, 3.63) is 29.8 Å². The molecule has 0 aromatic heterocycles. The lowest BCUT2D eigenvalue weighted by Crippen LogP contribution is -2.38. The quantitative estimate of drug-likeness (QED) is 0.666. The molecular weight excluding hydrogens is 292 g/mol. The van der Waals surface area contributed by atoms with Gasteiger partial charge < -0.3 is 25.2 Å². The van der Waals surface area contributed by atoms with Crippen LogP contribution in [0.15, 0.2) is 24.3 Å². The van der Waals surface area contributed by atoms with Crippen LogP contribution >= 0.6 is 12.2 Å². The molecule has 0 aliphatic rings. The molecule has 1 rings (SSSR count).